The molecule has 1 atom stereocenters. The zero-order chi connectivity index (χ0) is 22.3. The van der Waals surface area contributed by atoms with Crippen molar-refractivity contribution in [1.82, 2.24) is 5.32 Å². The number of rotatable bonds is 3. The molecular weight excluding hydrogens is 477 g/mol. The minimum absolute atomic E-state index is 0.0207. The van der Waals surface area contributed by atoms with Crippen molar-refractivity contribution in [3.05, 3.63) is 62.7 Å². The van der Waals surface area contributed by atoms with Gasteiger partial charge in [0.1, 0.15) is 5.82 Å². The van der Waals surface area contributed by atoms with E-state index in [-0.39, 0.29) is 17.3 Å². The molecule has 31 heavy (non-hydrogen) atoms. The highest BCUT2D eigenvalue weighted by atomic mass is 79.9. The first-order chi connectivity index (χ1) is 14.7. The Kier molecular flexibility index (Phi) is 6.01. The zero-order valence-electron chi connectivity index (χ0n) is 18.0. The van der Waals surface area contributed by atoms with E-state index in [1.165, 1.54) is 11.8 Å². The summed E-state index contributed by atoms with van der Waals surface area (Å²) in [6.07, 6.45) is 2.62. The number of carbonyl (C=O) groups is 1. The molecule has 0 radical (unpaired) electrons. The summed E-state index contributed by atoms with van der Waals surface area (Å²) < 4.78 is 16.0. The predicted molar refractivity (Wildman–Crippen MR) is 131 cm³/mol. The highest BCUT2D eigenvalue weighted by molar-refractivity contribution is 9.10. The van der Waals surface area contributed by atoms with Gasteiger partial charge in [0.05, 0.1) is 10.6 Å². The van der Waals surface area contributed by atoms with Gasteiger partial charge in [-0.15, -0.1) is 0 Å². The standard InChI is InChI=1S/C24H25BrFN3OS/c1-5-29-20-12-19(26)15(10-18(20)14(2)13-24(29,3)4)11-21-22(30)28-23(31-21)27-17-8-6-16(25)7-9-17/h6-12,14H,5,13H2,1-4H3,(H,27,28,30)/b21-11+. The SMILES string of the molecule is CCN1c2cc(F)c(/C=C3/SC(=Nc4ccc(Br)cc4)NC3=O)cc2C(C)CC1(C)C. The second kappa shape index (κ2) is 8.43. The van der Waals surface area contributed by atoms with Gasteiger partial charge in [-0.05, 0) is 92.9 Å². The molecule has 7 heteroatoms. The molecule has 0 aliphatic carbocycles. The second-order valence-corrected chi connectivity index (χ2v) is 10.5. The molecule has 1 saturated heterocycles. The molecule has 0 aromatic heterocycles. The number of aliphatic imine (C=N–C) groups is 1. The molecule has 0 spiro atoms. The van der Waals surface area contributed by atoms with Crippen LogP contribution in [0.2, 0.25) is 0 Å². The van der Waals surface area contributed by atoms with Crippen LogP contribution in [-0.2, 0) is 4.79 Å². The maximum Gasteiger partial charge on any atom is 0.264 e. The number of nitrogens with one attached hydrogen (secondary N) is 1. The Hall–Kier alpha value is -2.12. The Morgan fingerprint density at radius 1 is 1.32 bits per heavy atom. The number of amides is 1. The molecule has 4 nitrogen and oxygen atoms in total. The van der Waals surface area contributed by atoms with E-state index in [1.54, 1.807) is 12.1 Å². The molecule has 2 aromatic carbocycles. The first-order valence-electron chi connectivity index (χ1n) is 10.3. The first kappa shape index (κ1) is 22.1. The summed E-state index contributed by atoms with van der Waals surface area (Å²) in [4.78, 5) is 19.6. The van der Waals surface area contributed by atoms with Gasteiger partial charge in [-0.25, -0.2) is 9.38 Å². The van der Waals surface area contributed by atoms with Gasteiger partial charge in [0.25, 0.3) is 5.91 Å². The zero-order valence-corrected chi connectivity index (χ0v) is 20.4. The van der Waals surface area contributed by atoms with Crippen molar-refractivity contribution >= 4 is 56.2 Å². The molecule has 1 N–H and O–H groups in total. The van der Waals surface area contributed by atoms with Crippen LogP contribution in [0.3, 0.4) is 0 Å². The molecule has 162 valence electrons. The van der Waals surface area contributed by atoms with Gasteiger partial charge in [0, 0.05) is 27.8 Å². The smallest absolute Gasteiger partial charge is 0.264 e. The van der Waals surface area contributed by atoms with Crippen LogP contribution in [0.5, 0.6) is 0 Å². The number of fused-ring (bicyclic) bond motifs is 1. The van der Waals surface area contributed by atoms with E-state index in [9.17, 15) is 4.79 Å². The van der Waals surface area contributed by atoms with Gasteiger partial charge < -0.3 is 10.2 Å². The summed E-state index contributed by atoms with van der Waals surface area (Å²) >= 11 is 4.62. The fourth-order valence-corrected chi connectivity index (χ4v) is 5.58. The van der Waals surface area contributed by atoms with Crippen LogP contribution < -0.4 is 10.2 Å². The summed E-state index contributed by atoms with van der Waals surface area (Å²) in [6, 6.07) is 11.0. The third-order valence-electron chi connectivity index (χ3n) is 5.82. The number of amidine groups is 1. The number of carbonyl (C=O) groups excluding carboxylic acids is 1. The lowest BCUT2D eigenvalue weighted by molar-refractivity contribution is -0.115. The number of nitrogens with zero attached hydrogens (tertiary/aromatic N) is 2. The Morgan fingerprint density at radius 3 is 2.71 bits per heavy atom. The van der Waals surface area contributed by atoms with E-state index in [4.69, 9.17) is 0 Å². The number of hydrogen-bond donors (Lipinski definition) is 1. The van der Waals surface area contributed by atoms with Crippen LogP contribution in [-0.4, -0.2) is 23.2 Å². The largest absolute Gasteiger partial charge is 0.366 e. The average molecular weight is 502 g/mol. The Labute approximate surface area is 195 Å². The molecule has 1 amide bonds. The lowest BCUT2D eigenvalue weighted by Gasteiger charge is -2.47. The third kappa shape index (κ3) is 4.44. The molecule has 0 saturated carbocycles. The van der Waals surface area contributed by atoms with Crippen molar-refractivity contribution in [1.29, 1.82) is 0 Å². The topological polar surface area (TPSA) is 44.7 Å². The number of thioether (sulfide) groups is 1. The average Bonchev–Trinajstić information content (AvgIpc) is 3.03. The molecule has 1 unspecified atom stereocenters. The number of hydrogen-bond acceptors (Lipinski definition) is 4. The lowest BCUT2D eigenvalue weighted by atomic mass is 9.79. The van der Waals surface area contributed by atoms with Crippen molar-refractivity contribution in [3.63, 3.8) is 0 Å². The highest BCUT2D eigenvalue weighted by Crippen LogP contribution is 2.44. The molecule has 2 aliphatic rings. The van der Waals surface area contributed by atoms with Crippen LogP contribution in [0, 0.1) is 5.82 Å². The van der Waals surface area contributed by atoms with Crippen molar-refractivity contribution in [3.8, 4) is 0 Å². The Balaban J connectivity index is 1.66. The van der Waals surface area contributed by atoms with Gasteiger partial charge in [-0.3, -0.25) is 4.79 Å². The lowest BCUT2D eigenvalue weighted by Crippen LogP contribution is -2.48. The maximum absolute atomic E-state index is 15.1. The monoisotopic (exact) mass is 501 g/mol. The van der Waals surface area contributed by atoms with Gasteiger partial charge in [0.2, 0.25) is 0 Å². The highest BCUT2D eigenvalue weighted by Gasteiger charge is 2.36. The van der Waals surface area contributed by atoms with Crippen LogP contribution in [0.1, 0.15) is 51.2 Å². The van der Waals surface area contributed by atoms with E-state index in [2.05, 4.69) is 58.8 Å². The van der Waals surface area contributed by atoms with E-state index < -0.39 is 0 Å². The summed E-state index contributed by atoms with van der Waals surface area (Å²) in [5.41, 5.74) is 3.23. The van der Waals surface area contributed by atoms with Crippen LogP contribution in [0.15, 0.2) is 50.8 Å². The number of benzene rings is 2. The number of anilines is 1. The van der Waals surface area contributed by atoms with E-state index in [0.717, 1.165) is 34.4 Å². The predicted octanol–water partition coefficient (Wildman–Crippen LogP) is 6.59. The Bertz CT molecular complexity index is 1090. The molecule has 4 rings (SSSR count). The normalized spacial score (nSPS) is 22.7. The molecular formula is C24H25BrFN3OS. The molecule has 1 fully saturated rings. The summed E-state index contributed by atoms with van der Waals surface area (Å²) in [7, 11) is 0. The van der Waals surface area contributed by atoms with E-state index in [0.29, 0.717) is 21.6 Å². The molecule has 2 aromatic rings. The number of halogens is 2. The van der Waals surface area contributed by atoms with Crippen molar-refractivity contribution < 1.29 is 9.18 Å². The van der Waals surface area contributed by atoms with Crippen molar-refractivity contribution in [2.24, 2.45) is 4.99 Å². The van der Waals surface area contributed by atoms with Crippen LogP contribution >= 0.6 is 27.7 Å². The minimum Gasteiger partial charge on any atom is -0.366 e. The quantitative estimate of drug-likeness (QED) is 0.482. The molecule has 2 heterocycles. The molecule has 2 aliphatic heterocycles. The Morgan fingerprint density at radius 2 is 2.03 bits per heavy atom. The van der Waals surface area contributed by atoms with Crippen molar-refractivity contribution in [2.45, 2.75) is 45.6 Å². The summed E-state index contributed by atoms with van der Waals surface area (Å²) in [5.74, 6) is -0.270. The van der Waals surface area contributed by atoms with E-state index in [1.807, 2.05) is 30.3 Å². The maximum atomic E-state index is 15.1. The van der Waals surface area contributed by atoms with E-state index >= 15 is 4.39 Å². The van der Waals surface area contributed by atoms with Gasteiger partial charge in [-0.2, -0.15) is 0 Å². The first-order valence-corrected chi connectivity index (χ1v) is 11.9. The second-order valence-electron chi connectivity index (χ2n) is 8.55. The molecule has 0 bridgehead atoms. The summed E-state index contributed by atoms with van der Waals surface area (Å²) in [6.45, 7) is 9.51. The minimum atomic E-state index is -0.318. The fraction of sp³-hybridized carbons (Fsp3) is 0.333. The summed E-state index contributed by atoms with van der Waals surface area (Å²) in [5, 5.41) is 3.26. The van der Waals surface area contributed by atoms with Gasteiger partial charge in [-0.1, -0.05) is 22.9 Å². The van der Waals surface area contributed by atoms with Crippen LogP contribution in [0.25, 0.3) is 6.08 Å². The van der Waals surface area contributed by atoms with Crippen LogP contribution in [0.4, 0.5) is 15.8 Å². The van der Waals surface area contributed by atoms with Crippen molar-refractivity contribution in [2.75, 3.05) is 11.4 Å². The third-order valence-corrected chi connectivity index (χ3v) is 7.25. The van der Waals surface area contributed by atoms with Gasteiger partial charge >= 0.3 is 0 Å². The van der Waals surface area contributed by atoms with Gasteiger partial charge in [0.15, 0.2) is 5.17 Å². The fourth-order valence-electron chi connectivity index (χ4n) is 4.48.